The van der Waals surface area contributed by atoms with E-state index in [-0.39, 0.29) is 11.5 Å². The van der Waals surface area contributed by atoms with Gasteiger partial charge in [-0.1, -0.05) is 42.5 Å². The summed E-state index contributed by atoms with van der Waals surface area (Å²) >= 11 is 5.17. The second-order valence-corrected chi connectivity index (χ2v) is 5.25. The first-order valence-corrected chi connectivity index (χ1v) is 6.94. The fourth-order valence-electron chi connectivity index (χ4n) is 2.35. The number of nitrogens with zero attached hydrogens (tertiary/aromatic N) is 3. The highest BCUT2D eigenvalue weighted by molar-refractivity contribution is 7.80. The van der Waals surface area contributed by atoms with Crippen LogP contribution in [0.3, 0.4) is 0 Å². The van der Waals surface area contributed by atoms with Gasteiger partial charge in [0, 0.05) is 18.9 Å². The number of hydrogen-bond acceptors (Lipinski definition) is 3. The Hall–Kier alpha value is -2.47. The summed E-state index contributed by atoms with van der Waals surface area (Å²) in [6.45, 7) is 0.417. The minimum atomic E-state index is -0.177. The number of rotatable bonds is 4. The first-order valence-electron chi connectivity index (χ1n) is 6.54. The van der Waals surface area contributed by atoms with Gasteiger partial charge in [-0.25, -0.2) is 4.52 Å². The van der Waals surface area contributed by atoms with Crippen LogP contribution < -0.4 is 11.3 Å². The molecule has 0 amide bonds. The third-order valence-electron chi connectivity index (χ3n) is 3.46. The molecule has 0 saturated carbocycles. The third kappa shape index (κ3) is 2.57. The van der Waals surface area contributed by atoms with Crippen LogP contribution in [-0.2, 0) is 6.54 Å². The molecule has 106 valence electrons. The first-order chi connectivity index (χ1) is 10.2. The Morgan fingerprint density at radius 2 is 2.00 bits per heavy atom. The van der Waals surface area contributed by atoms with Gasteiger partial charge in [0.25, 0.3) is 5.56 Å². The SMILES string of the molecule is NC(=S)C(Cn1ccn2nccc2c1=O)c1ccccc1. The normalized spacial score (nSPS) is 12.4. The first kappa shape index (κ1) is 13.5. The number of fused-ring (bicyclic) bond motifs is 1. The Bertz CT molecular complexity index is 838. The molecular formula is C15H14N4OS. The molecule has 2 heterocycles. The van der Waals surface area contributed by atoms with E-state index < -0.39 is 0 Å². The standard InChI is InChI=1S/C15H14N4OS/c16-14(21)12(11-4-2-1-3-5-11)10-18-8-9-19-13(15(18)20)6-7-17-19/h1-9,12H,10H2,(H2,16,21). The number of benzene rings is 1. The van der Waals surface area contributed by atoms with Crippen LogP contribution in [0.25, 0.3) is 5.52 Å². The molecule has 3 rings (SSSR count). The molecular weight excluding hydrogens is 284 g/mol. The summed E-state index contributed by atoms with van der Waals surface area (Å²) < 4.78 is 3.17. The van der Waals surface area contributed by atoms with Gasteiger partial charge in [0.15, 0.2) is 0 Å². The molecule has 6 heteroatoms. The summed E-state index contributed by atoms with van der Waals surface area (Å²) in [5, 5.41) is 4.05. The van der Waals surface area contributed by atoms with Gasteiger partial charge in [0.1, 0.15) is 5.52 Å². The van der Waals surface area contributed by atoms with E-state index in [1.165, 1.54) is 0 Å². The topological polar surface area (TPSA) is 65.3 Å². The molecule has 0 spiro atoms. The Morgan fingerprint density at radius 3 is 2.71 bits per heavy atom. The Balaban J connectivity index is 2.01. The predicted molar refractivity (Wildman–Crippen MR) is 85.4 cm³/mol. The van der Waals surface area contributed by atoms with Crippen LogP contribution in [0.5, 0.6) is 0 Å². The third-order valence-corrected chi connectivity index (χ3v) is 3.75. The Labute approximate surface area is 126 Å². The van der Waals surface area contributed by atoms with Gasteiger partial charge in [0.2, 0.25) is 0 Å². The van der Waals surface area contributed by atoms with Crippen molar-refractivity contribution >= 4 is 22.7 Å². The summed E-state index contributed by atoms with van der Waals surface area (Å²) in [6.07, 6.45) is 5.05. The fourth-order valence-corrected chi connectivity index (χ4v) is 2.56. The lowest BCUT2D eigenvalue weighted by molar-refractivity contribution is 0.633. The molecule has 0 saturated heterocycles. The van der Waals surface area contributed by atoms with Crippen molar-refractivity contribution in [1.29, 1.82) is 0 Å². The van der Waals surface area contributed by atoms with Crippen LogP contribution in [0.15, 0.2) is 59.8 Å². The van der Waals surface area contributed by atoms with Crippen LogP contribution in [-0.4, -0.2) is 19.2 Å². The zero-order valence-corrected chi connectivity index (χ0v) is 12.0. The summed E-state index contributed by atoms with van der Waals surface area (Å²) in [6, 6.07) is 11.4. The van der Waals surface area contributed by atoms with Crippen molar-refractivity contribution < 1.29 is 0 Å². The summed E-state index contributed by atoms with van der Waals surface area (Å²) in [4.78, 5) is 12.8. The van der Waals surface area contributed by atoms with Crippen molar-refractivity contribution in [3.8, 4) is 0 Å². The largest absolute Gasteiger partial charge is 0.393 e. The molecule has 3 aromatic rings. The van der Waals surface area contributed by atoms with E-state index in [9.17, 15) is 4.79 Å². The van der Waals surface area contributed by atoms with Crippen molar-refractivity contribution in [3.05, 3.63) is 70.9 Å². The van der Waals surface area contributed by atoms with E-state index in [1.807, 2.05) is 30.3 Å². The maximum atomic E-state index is 12.4. The molecule has 2 N–H and O–H groups in total. The molecule has 21 heavy (non-hydrogen) atoms. The van der Waals surface area contributed by atoms with Gasteiger partial charge in [-0.2, -0.15) is 5.10 Å². The fraction of sp³-hybridized carbons (Fsp3) is 0.133. The van der Waals surface area contributed by atoms with E-state index in [0.717, 1.165) is 5.56 Å². The van der Waals surface area contributed by atoms with Gasteiger partial charge in [-0.05, 0) is 11.6 Å². The molecule has 2 aromatic heterocycles. The maximum Gasteiger partial charge on any atom is 0.276 e. The summed E-state index contributed by atoms with van der Waals surface area (Å²) in [5.41, 5.74) is 7.29. The van der Waals surface area contributed by atoms with Crippen LogP contribution in [0.1, 0.15) is 11.5 Å². The zero-order chi connectivity index (χ0) is 14.8. The molecule has 0 radical (unpaired) electrons. The molecule has 1 aromatic carbocycles. The summed E-state index contributed by atoms with van der Waals surface area (Å²) in [5.74, 6) is -0.177. The van der Waals surface area contributed by atoms with Crippen molar-refractivity contribution in [1.82, 2.24) is 14.2 Å². The minimum absolute atomic E-state index is 0.104. The van der Waals surface area contributed by atoms with Crippen LogP contribution in [0.2, 0.25) is 0 Å². The molecule has 5 nitrogen and oxygen atoms in total. The maximum absolute atomic E-state index is 12.4. The van der Waals surface area contributed by atoms with Crippen LogP contribution >= 0.6 is 12.2 Å². The van der Waals surface area contributed by atoms with E-state index in [0.29, 0.717) is 17.0 Å². The van der Waals surface area contributed by atoms with Crippen molar-refractivity contribution in [2.45, 2.75) is 12.5 Å². The Kier molecular flexibility index (Phi) is 3.53. The average molecular weight is 298 g/mol. The molecule has 0 fully saturated rings. The van der Waals surface area contributed by atoms with Crippen molar-refractivity contribution in [3.63, 3.8) is 0 Å². The highest BCUT2D eigenvalue weighted by Gasteiger charge is 2.16. The second-order valence-electron chi connectivity index (χ2n) is 4.78. The number of hydrogen-bond donors (Lipinski definition) is 1. The van der Waals surface area contributed by atoms with Gasteiger partial charge in [-0.3, -0.25) is 4.79 Å². The Morgan fingerprint density at radius 1 is 1.24 bits per heavy atom. The quantitative estimate of drug-likeness (QED) is 0.743. The average Bonchev–Trinajstić information content (AvgIpc) is 2.96. The lowest BCUT2D eigenvalue weighted by atomic mass is 9.99. The van der Waals surface area contributed by atoms with Crippen molar-refractivity contribution in [2.75, 3.05) is 0 Å². The highest BCUT2D eigenvalue weighted by atomic mass is 32.1. The van der Waals surface area contributed by atoms with Gasteiger partial charge in [-0.15, -0.1) is 0 Å². The molecule has 0 aliphatic rings. The molecule has 0 aliphatic carbocycles. The summed E-state index contributed by atoms with van der Waals surface area (Å²) in [7, 11) is 0. The predicted octanol–water partition coefficient (Wildman–Crippen LogP) is 1.57. The van der Waals surface area contributed by atoms with Crippen LogP contribution in [0.4, 0.5) is 0 Å². The lowest BCUT2D eigenvalue weighted by Crippen LogP contribution is -2.29. The second kappa shape index (κ2) is 5.49. The number of nitrogens with two attached hydrogens (primary N) is 1. The number of aromatic nitrogens is 3. The van der Waals surface area contributed by atoms with E-state index >= 15 is 0 Å². The molecule has 0 aliphatic heterocycles. The molecule has 0 bridgehead atoms. The van der Waals surface area contributed by atoms with Gasteiger partial charge in [0.05, 0.1) is 17.1 Å². The van der Waals surface area contributed by atoms with E-state index in [4.69, 9.17) is 18.0 Å². The molecule has 1 atom stereocenters. The van der Waals surface area contributed by atoms with Gasteiger partial charge < -0.3 is 10.3 Å². The van der Waals surface area contributed by atoms with E-state index in [1.54, 1.807) is 33.7 Å². The van der Waals surface area contributed by atoms with Gasteiger partial charge >= 0.3 is 0 Å². The minimum Gasteiger partial charge on any atom is -0.393 e. The monoisotopic (exact) mass is 298 g/mol. The molecule has 1 unspecified atom stereocenters. The van der Waals surface area contributed by atoms with Crippen molar-refractivity contribution in [2.24, 2.45) is 5.73 Å². The lowest BCUT2D eigenvalue weighted by Gasteiger charge is -2.17. The van der Waals surface area contributed by atoms with Crippen LogP contribution in [0, 0.1) is 0 Å². The van der Waals surface area contributed by atoms with E-state index in [2.05, 4.69) is 5.10 Å². The highest BCUT2D eigenvalue weighted by Crippen LogP contribution is 2.17. The number of thiocarbonyl (C=S) groups is 1. The zero-order valence-electron chi connectivity index (χ0n) is 11.2. The smallest absolute Gasteiger partial charge is 0.276 e.